The van der Waals surface area contributed by atoms with Crippen LogP contribution in [0.25, 0.3) is 0 Å². The summed E-state index contributed by atoms with van der Waals surface area (Å²) in [5, 5.41) is 0. The molecular weight excluding hydrogens is 212 g/mol. The average molecular weight is 238 g/mol. The highest BCUT2D eigenvalue weighted by Crippen LogP contribution is 2.24. The molecule has 0 saturated heterocycles. The SMILES string of the molecule is CC.CCCc1cnc(C(C)CC)c(OC)n1. The van der Waals surface area contributed by atoms with E-state index in [9.17, 15) is 0 Å². The lowest BCUT2D eigenvalue weighted by molar-refractivity contribution is 0.382. The van der Waals surface area contributed by atoms with E-state index in [1.807, 2.05) is 20.0 Å². The first-order chi connectivity index (χ1) is 8.22. The minimum absolute atomic E-state index is 0.406. The molecule has 1 aromatic heterocycles. The van der Waals surface area contributed by atoms with E-state index in [-0.39, 0.29) is 0 Å². The van der Waals surface area contributed by atoms with E-state index in [0.717, 1.165) is 30.7 Å². The van der Waals surface area contributed by atoms with Crippen LogP contribution in [0.5, 0.6) is 5.88 Å². The average Bonchev–Trinajstić information content (AvgIpc) is 2.40. The van der Waals surface area contributed by atoms with Gasteiger partial charge in [-0.2, -0.15) is 0 Å². The van der Waals surface area contributed by atoms with Gasteiger partial charge in [0.1, 0.15) is 5.69 Å². The van der Waals surface area contributed by atoms with Crippen LogP contribution in [0.1, 0.15) is 64.8 Å². The number of hydrogen-bond donors (Lipinski definition) is 0. The minimum Gasteiger partial charge on any atom is -0.480 e. The summed E-state index contributed by atoms with van der Waals surface area (Å²) in [6.45, 7) is 10.4. The lowest BCUT2D eigenvalue weighted by Gasteiger charge is -2.12. The second-order valence-corrected chi connectivity index (χ2v) is 3.82. The number of aryl methyl sites for hydroxylation is 1. The van der Waals surface area contributed by atoms with E-state index in [2.05, 4.69) is 30.7 Å². The molecule has 0 amide bonds. The van der Waals surface area contributed by atoms with Crippen LogP contribution in [0.3, 0.4) is 0 Å². The topological polar surface area (TPSA) is 35.0 Å². The van der Waals surface area contributed by atoms with Crippen molar-refractivity contribution in [3.63, 3.8) is 0 Å². The molecule has 0 aliphatic rings. The maximum absolute atomic E-state index is 5.28. The molecule has 3 nitrogen and oxygen atoms in total. The summed E-state index contributed by atoms with van der Waals surface area (Å²) < 4.78 is 5.28. The molecule has 0 saturated carbocycles. The fraction of sp³-hybridized carbons (Fsp3) is 0.714. The molecule has 0 fully saturated rings. The van der Waals surface area contributed by atoms with Crippen LogP contribution in [-0.2, 0) is 6.42 Å². The van der Waals surface area contributed by atoms with Crippen LogP contribution >= 0.6 is 0 Å². The summed E-state index contributed by atoms with van der Waals surface area (Å²) in [5.41, 5.74) is 1.99. The van der Waals surface area contributed by atoms with Crippen molar-refractivity contribution in [1.82, 2.24) is 9.97 Å². The second kappa shape index (κ2) is 8.97. The quantitative estimate of drug-likeness (QED) is 0.778. The molecule has 0 N–H and O–H groups in total. The van der Waals surface area contributed by atoms with Crippen molar-refractivity contribution in [1.29, 1.82) is 0 Å². The smallest absolute Gasteiger partial charge is 0.235 e. The van der Waals surface area contributed by atoms with E-state index >= 15 is 0 Å². The van der Waals surface area contributed by atoms with Gasteiger partial charge in [0.05, 0.1) is 12.8 Å². The number of rotatable bonds is 5. The molecule has 0 aliphatic carbocycles. The third-order valence-electron chi connectivity index (χ3n) is 2.60. The second-order valence-electron chi connectivity index (χ2n) is 3.82. The molecule has 98 valence electrons. The van der Waals surface area contributed by atoms with Crippen molar-refractivity contribution in [2.75, 3.05) is 7.11 Å². The predicted octanol–water partition coefficient (Wildman–Crippen LogP) is 3.98. The molecule has 3 heteroatoms. The van der Waals surface area contributed by atoms with E-state index in [4.69, 9.17) is 4.74 Å². The van der Waals surface area contributed by atoms with Gasteiger partial charge in [-0.05, 0) is 12.8 Å². The fourth-order valence-corrected chi connectivity index (χ4v) is 1.47. The summed E-state index contributed by atoms with van der Waals surface area (Å²) in [4.78, 5) is 8.92. The van der Waals surface area contributed by atoms with Crippen LogP contribution in [0.15, 0.2) is 6.20 Å². The number of ether oxygens (including phenoxy) is 1. The zero-order valence-electron chi connectivity index (χ0n) is 12.1. The first kappa shape index (κ1) is 15.9. The molecule has 0 radical (unpaired) electrons. The number of hydrogen-bond acceptors (Lipinski definition) is 3. The van der Waals surface area contributed by atoms with Crippen LogP contribution in [0.2, 0.25) is 0 Å². The van der Waals surface area contributed by atoms with Crippen molar-refractivity contribution < 1.29 is 4.74 Å². The maximum atomic E-state index is 5.28. The standard InChI is InChI=1S/C12H20N2O.C2H6/c1-5-7-10-8-13-11(9(3)6-2)12(14-10)15-4;1-2/h8-9H,5-7H2,1-4H3;1-2H3. The molecule has 1 atom stereocenters. The van der Waals surface area contributed by atoms with Crippen molar-refractivity contribution in [2.45, 2.75) is 59.8 Å². The highest BCUT2D eigenvalue weighted by molar-refractivity contribution is 5.23. The van der Waals surface area contributed by atoms with Crippen molar-refractivity contribution in [2.24, 2.45) is 0 Å². The Morgan fingerprint density at radius 3 is 2.41 bits per heavy atom. The van der Waals surface area contributed by atoms with Gasteiger partial charge in [0.25, 0.3) is 0 Å². The first-order valence-corrected chi connectivity index (χ1v) is 6.62. The van der Waals surface area contributed by atoms with Crippen LogP contribution in [0.4, 0.5) is 0 Å². The maximum Gasteiger partial charge on any atom is 0.235 e. The molecule has 0 bridgehead atoms. The fourth-order valence-electron chi connectivity index (χ4n) is 1.47. The largest absolute Gasteiger partial charge is 0.480 e. The van der Waals surface area contributed by atoms with Crippen LogP contribution in [-0.4, -0.2) is 17.1 Å². The van der Waals surface area contributed by atoms with Gasteiger partial charge in [0.2, 0.25) is 5.88 Å². The van der Waals surface area contributed by atoms with E-state index < -0.39 is 0 Å². The summed E-state index contributed by atoms with van der Waals surface area (Å²) >= 11 is 0. The third-order valence-corrected chi connectivity index (χ3v) is 2.60. The van der Waals surface area contributed by atoms with Gasteiger partial charge >= 0.3 is 0 Å². The Balaban J connectivity index is 0.00000121. The number of methoxy groups -OCH3 is 1. The summed E-state index contributed by atoms with van der Waals surface area (Å²) in [6, 6.07) is 0. The molecule has 1 rings (SSSR count). The Morgan fingerprint density at radius 1 is 1.29 bits per heavy atom. The Bertz CT molecular complexity index is 313. The molecular formula is C14H26N2O. The molecule has 0 aromatic carbocycles. The summed E-state index contributed by atoms with van der Waals surface area (Å²) in [5.74, 6) is 1.10. The lowest BCUT2D eigenvalue weighted by atomic mass is 10.1. The first-order valence-electron chi connectivity index (χ1n) is 6.62. The van der Waals surface area contributed by atoms with Gasteiger partial charge in [-0.25, -0.2) is 4.98 Å². The van der Waals surface area contributed by atoms with E-state index in [0.29, 0.717) is 11.8 Å². The molecule has 1 heterocycles. The van der Waals surface area contributed by atoms with E-state index in [1.54, 1.807) is 7.11 Å². The van der Waals surface area contributed by atoms with Gasteiger partial charge in [0.15, 0.2) is 0 Å². The lowest BCUT2D eigenvalue weighted by Crippen LogP contribution is -2.04. The summed E-state index contributed by atoms with van der Waals surface area (Å²) in [7, 11) is 1.66. The number of aromatic nitrogens is 2. The number of nitrogens with zero attached hydrogens (tertiary/aromatic N) is 2. The van der Waals surface area contributed by atoms with Crippen LogP contribution < -0.4 is 4.74 Å². The highest BCUT2D eigenvalue weighted by atomic mass is 16.5. The molecule has 0 aliphatic heterocycles. The molecule has 17 heavy (non-hydrogen) atoms. The van der Waals surface area contributed by atoms with Gasteiger partial charge < -0.3 is 4.74 Å². The van der Waals surface area contributed by atoms with E-state index in [1.165, 1.54) is 0 Å². The van der Waals surface area contributed by atoms with Gasteiger partial charge in [0, 0.05) is 12.1 Å². The Kier molecular flexibility index (Phi) is 8.38. The monoisotopic (exact) mass is 238 g/mol. The predicted molar refractivity (Wildman–Crippen MR) is 72.6 cm³/mol. The summed E-state index contributed by atoms with van der Waals surface area (Å²) in [6.07, 6.45) is 4.97. The third kappa shape index (κ3) is 4.72. The van der Waals surface area contributed by atoms with Crippen LogP contribution in [0, 0.1) is 0 Å². The van der Waals surface area contributed by atoms with Gasteiger partial charge in [-0.1, -0.05) is 41.0 Å². The van der Waals surface area contributed by atoms with Crippen molar-refractivity contribution in [3.8, 4) is 5.88 Å². The zero-order chi connectivity index (χ0) is 13.3. The Labute approximate surface area is 106 Å². The Hall–Kier alpha value is -1.12. The Morgan fingerprint density at radius 2 is 1.94 bits per heavy atom. The molecule has 1 aromatic rings. The zero-order valence-corrected chi connectivity index (χ0v) is 12.1. The van der Waals surface area contributed by atoms with Gasteiger partial charge in [-0.3, -0.25) is 4.98 Å². The van der Waals surface area contributed by atoms with Gasteiger partial charge in [-0.15, -0.1) is 0 Å². The molecule has 1 unspecified atom stereocenters. The normalized spacial score (nSPS) is 11.4. The molecule has 0 spiro atoms. The van der Waals surface area contributed by atoms with Crippen molar-refractivity contribution in [3.05, 3.63) is 17.6 Å². The van der Waals surface area contributed by atoms with Crippen molar-refractivity contribution >= 4 is 0 Å². The minimum atomic E-state index is 0.406. The highest BCUT2D eigenvalue weighted by Gasteiger charge is 2.13.